The molecule has 3 rings (SSSR count). The number of hydrogen-bond acceptors (Lipinski definition) is 5. The Balaban J connectivity index is 2.27. The van der Waals surface area contributed by atoms with Crippen molar-refractivity contribution in [1.82, 2.24) is 14.0 Å². The molecule has 0 aliphatic carbocycles. The van der Waals surface area contributed by atoms with Crippen LogP contribution in [0.15, 0.2) is 53.5 Å². The van der Waals surface area contributed by atoms with Gasteiger partial charge in [-0.1, -0.05) is 18.5 Å². The summed E-state index contributed by atoms with van der Waals surface area (Å²) >= 11 is 2.92. The van der Waals surface area contributed by atoms with Crippen molar-refractivity contribution in [2.75, 3.05) is 6.54 Å². The van der Waals surface area contributed by atoms with Gasteiger partial charge in [-0.25, -0.2) is 13.3 Å². The number of carbonyl (C=O) groups excluding carboxylic acids is 1. The monoisotopic (exact) mass is 609 g/mol. The summed E-state index contributed by atoms with van der Waals surface area (Å²) in [5.74, 6) is -0.889. The SMILES string of the molecule is CCC(N[S+]([O-])C(C)(C)C)c1cc(=O)n(C)cc1-c1cc(CCNS(=O)O)c(Cl)cc1C(=O)c1ccc(F)cc1. The number of pyridine rings is 1. The predicted octanol–water partition coefficient (Wildman–Crippen LogP) is 4.85. The van der Waals surface area contributed by atoms with Gasteiger partial charge in [0.25, 0.3) is 5.56 Å². The molecule has 3 unspecified atom stereocenters. The number of carbonyl (C=O) groups is 1. The summed E-state index contributed by atoms with van der Waals surface area (Å²) in [7, 11) is 1.59. The van der Waals surface area contributed by atoms with Gasteiger partial charge in [0.15, 0.2) is 5.78 Å². The minimum atomic E-state index is -2.21. The second-order valence-electron chi connectivity index (χ2n) is 10.3. The zero-order valence-electron chi connectivity index (χ0n) is 22.9. The van der Waals surface area contributed by atoms with E-state index in [0.717, 1.165) is 0 Å². The number of rotatable bonds is 11. The van der Waals surface area contributed by atoms with Crippen molar-refractivity contribution < 1.29 is 22.5 Å². The molecule has 3 N–H and O–H groups in total. The number of nitrogens with one attached hydrogen (secondary N) is 2. The molecule has 0 amide bonds. The summed E-state index contributed by atoms with van der Waals surface area (Å²) in [6.07, 6.45) is 2.39. The van der Waals surface area contributed by atoms with Gasteiger partial charge in [-0.15, -0.1) is 4.72 Å². The molecule has 0 fully saturated rings. The molecular weight excluding hydrogens is 577 g/mol. The van der Waals surface area contributed by atoms with Gasteiger partial charge in [-0.2, -0.15) is 0 Å². The van der Waals surface area contributed by atoms with Crippen LogP contribution >= 0.6 is 11.6 Å². The molecule has 1 heterocycles. The van der Waals surface area contributed by atoms with E-state index in [1.807, 2.05) is 27.7 Å². The maximum Gasteiger partial charge on any atom is 0.250 e. The van der Waals surface area contributed by atoms with Crippen molar-refractivity contribution in [3.8, 4) is 11.1 Å². The Morgan fingerprint density at radius 3 is 2.42 bits per heavy atom. The maximum absolute atomic E-state index is 13.7. The van der Waals surface area contributed by atoms with E-state index in [1.165, 1.54) is 41.0 Å². The van der Waals surface area contributed by atoms with Crippen LogP contribution in [-0.4, -0.2) is 35.0 Å². The van der Waals surface area contributed by atoms with Gasteiger partial charge in [0.2, 0.25) is 11.3 Å². The van der Waals surface area contributed by atoms with Crippen LogP contribution < -0.4 is 15.0 Å². The topological polar surface area (TPSA) is 123 Å². The highest BCUT2D eigenvalue weighted by Crippen LogP contribution is 2.36. The first-order valence-electron chi connectivity index (χ1n) is 12.6. The summed E-state index contributed by atoms with van der Waals surface area (Å²) in [4.78, 5) is 26.5. The third-order valence-corrected chi connectivity index (χ3v) is 8.71. The number of ketones is 1. The van der Waals surface area contributed by atoms with Gasteiger partial charge < -0.3 is 9.12 Å². The van der Waals surface area contributed by atoms with Crippen LogP contribution in [-0.2, 0) is 36.1 Å². The van der Waals surface area contributed by atoms with E-state index in [9.17, 15) is 22.7 Å². The fraction of sp³-hybridized carbons (Fsp3) is 0.357. The molecule has 0 saturated carbocycles. The highest BCUT2D eigenvalue weighted by molar-refractivity contribution is 7.90. The van der Waals surface area contributed by atoms with Crippen LogP contribution in [0.2, 0.25) is 5.02 Å². The molecule has 40 heavy (non-hydrogen) atoms. The lowest BCUT2D eigenvalue weighted by Gasteiger charge is -2.29. The van der Waals surface area contributed by atoms with Crippen LogP contribution in [0, 0.1) is 5.82 Å². The van der Waals surface area contributed by atoms with E-state index in [1.54, 1.807) is 19.3 Å². The third kappa shape index (κ3) is 7.88. The minimum absolute atomic E-state index is 0.136. The second kappa shape index (κ2) is 13.5. The number of aromatic nitrogens is 1. The summed E-state index contributed by atoms with van der Waals surface area (Å²) in [6.45, 7) is 7.55. The van der Waals surface area contributed by atoms with Crippen LogP contribution in [0.3, 0.4) is 0 Å². The number of benzene rings is 2. The number of halogens is 2. The van der Waals surface area contributed by atoms with E-state index < -0.39 is 45.0 Å². The maximum atomic E-state index is 13.7. The Labute approximate surface area is 244 Å². The quantitative estimate of drug-likeness (QED) is 0.162. The van der Waals surface area contributed by atoms with Gasteiger partial charge in [0.1, 0.15) is 10.6 Å². The van der Waals surface area contributed by atoms with Crippen molar-refractivity contribution >= 4 is 40.0 Å². The Morgan fingerprint density at radius 1 is 1.20 bits per heavy atom. The molecule has 3 atom stereocenters. The van der Waals surface area contributed by atoms with Crippen LogP contribution in [0.5, 0.6) is 0 Å². The number of hydrogen-bond donors (Lipinski definition) is 3. The van der Waals surface area contributed by atoms with E-state index in [-0.39, 0.29) is 34.7 Å². The van der Waals surface area contributed by atoms with Crippen molar-refractivity contribution in [2.45, 2.75) is 51.3 Å². The van der Waals surface area contributed by atoms with Crippen molar-refractivity contribution in [2.24, 2.45) is 7.05 Å². The summed E-state index contributed by atoms with van der Waals surface area (Å²) in [5, 5.41) is 0.269. The largest absolute Gasteiger partial charge is 0.598 e. The minimum Gasteiger partial charge on any atom is -0.598 e. The normalized spacial score (nSPS) is 14.1. The summed E-state index contributed by atoms with van der Waals surface area (Å²) in [5.41, 5.74) is 2.36. The zero-order valence-corrected chi connectivity index (χ0v) is 25.3. The Kier molecular flexibility index (Phi) is 10.9. The smallest absolute Gasteiger partial charge is 0.250 e. The van der Waals surface area contributed by atoms with E-state index in [0.29, 0.717) is 28.7 Å². The van der Waals surface area contributed by atoms with Crippen LogP contribution in [0.25, 0.3) is 11.1 Å². The van der Waals surface area contributed by atoms with Gasteiger partial charge in [0.05, 0.1) is 6.04 Å². The molecule has 216 valence electrons. The van der Waals surface area contributed by atoms with Crippen molar-refractivity contribution in [3.63, 3.8) is 0 Å². The molecule has 0 aliphatic heterocycles. The molecule has 0 aliphatic rings. The summed E-state index contributed by atoms with van der Waals surface area (Å²) in [6, 6.07) is 9.37. The Hall–Kier alpha value is -2.38. The third-order valence-electron chi connectivity index (χ3n) is 6.30. The van der Waals surface area contributed by atoms with Crippen LogP contribution in [0.4, 0.5) is 4.39 Å². The molecule has 0 radical (unpaired) electrons. The van der Waals surface area contributed by atoms with Crippen molar-refractivity contribution in [3.05, 3.63) is 92.1 Å². The zero-order chi connectivity index (χ0) is 29.8. The molecular formula is C28H33ClFN3O5S2. The molecule has 0 spiro atoms. The molecule has 12 heteroatoms. The van der Waals surface area contributed by atoms with Gasteiger partial charge in [-0.3, -0.25) is 14.1 Å². The second-order valence-corrected chi connectivity index (χ2v) is 13.5. The highest BCUT2D eigenvalue weighted by atomic mass is 35.5. The summed E-state index contributed by atoms with van der Waals surface area (Å²) < 4.78 is 53.2. The first-order valence-corrected chi connectivity index (χ1v) is 15.2. The average Bonchev–Trinajstić information content (AvgIpc) is 2.88. The molecule has 0 saturated heterocycles. The lowest BCUT2D eigenvalue weighted by atomic mass is 9.88. The fourth-order valence-corrected chi connectivity index (χ4v) is 5.52. The molecule has 3 aromatic rings. The van der Waals surface area contributed by atoms with Gasteiger partial charge >= 0.3 is 0 Å². The molecule has 8 nitrogen and oxygen atoms in total. The molecule has 0 bridgehead atoms. The molecule has 2 aromatic carbocycles. The molecule has 1 aromatic heterocycles. The predicted molar refractivity (Wildman–Crippen MR) is 159 cm³/mol. The number of nitrogens with zero attached hydrogens (tertiary/aromatic N) is 1. The Morgan fingerprint density at radius 2 is 1.85 bits per heavy atom. The standard InChI is InChI=1S/C28H33ClFN3O5S2/c1-6-25(32-39(36)28(2,3)4)21-15-26(34)33(5)16-23(21)20-13-18(11-12-31-40(37)38)24(29)14-22(20)27(35)17-7-9-19(30)10-8-17/h7-10,13-16,25,31-32H,6,11-12H2,1-5H3,(H,37,38). The van der Waals surface area contributed by atoms with Crippen LogP contribution in [0.1, 0.15) is 67.2 Å². The van der Waals surface area contributed by atoms with Gasteiger partial charge in [0, 0.05) is 58.9 Å². The first kappa shape index (κ1) is 32.1. The van der Waals surface area contributed by atoms with E-state index >= 15 is 0 Å². The average molecular weight is 610 g/mol. The Bertz CT molecular complexity index is 1460. The first-order chi connectivity index (χ1) is 18.7. The van der Waals surface area contributed by atoms with Gasteiger partial charge in [-0.05, 0) is 86.7 Å². The van der Waals surface area contributed by atoms with E-state index in [2.05, 4.69) is 9.44 Å². The number of aryl methyl sites for hydroxylation is 1. The van der Waals surface area contributed by atoms with E-state index in [4.69, 9.17) is 16.2 Å². The highest BCUT2D eigenvalue weighted by Gasteiger charge is 2.31. The fourth-order valence-electron chi connectivity index (χ4n) is 4.08. The van der Waals surface area contributed by atoms with Crippen molar-refractivity contribution in [1.29, 1.82) is 0 Å². The lowest BCUT2D eigenvalue weighted by Crippen LogP contribution is -2.41. The lowest BCUT2D eigenvalue weighted by molar-refractivity contribution is 0.103.